The van der Waals surface area contributed by atoms with Gasteiger partial charge in [-0.1, -0.05) is 23.7 Å². The zero-order valence-electron chi connectivity index (χ0n) is 21.9. The van der Waals surface area contributed by atoms with Gasteiger partial charge in [-0.2, -0.15) is 0 Å². The molecule has 3 atom stereocenters. The lowest BCUT2D eigenvalue weighted by atomic mass is 9.91. The molecule has 2 unspecified atom stereocenters. The van der Waals surface area contributed by atoms with Gasteiger partial charge in [-0.05, 0) is 67.5 Å². The summed E-state index contributed by atoms with van der Waals surface area (Å²) in [5.74, 6) is 0.0665. The molecule has 1 aromatic heterocycles. The lowest BCUT2D eigenvalue weighted by molar-refractivity contribution is -0.535. The van der Waals surface area contributed by atoms with Crippen LogP contribution in [0.4, 0.5) is 0 Å². The Kier molecular flexibility index (Phi) is 7.07. The number of aryl methyl sites for hydroxylation is 2. The van der Waals surface area contributed by atoms with Crippen LogP contribution in [0, 0.1) is 0 Å². The quantitative estimate of drug-likeness (QED) is 0.586. The van der Waals surface area contributed by atoms with Crippen LogP contribution in [0.3, 0.4) is 0 Å². The first kappa shape index (κ1) is 25.6. The molecule has 2 N–H and O–H groups in total. The molecule has 1 aromatic carbocycles. The zero-order valence-corrected chi connectivity index (χ0v) is 22.7. The van der Waals surface area contributed by atoms with Crippen LogP contribution < -0.4 is 5.32 Å². The number of β-amino-alcohol motifs (C(OH)–C–C–N with tert-alkyl or cyclic N) is 1. The van der Waals surface area contributed by atoms with Gasteiger partial charge in [0.15, 0.2) is 12.8 Å². The fourth-order valence-electron chi connectivity index (χ4n) is 6.60. The zero-order chi connectivity index (χ0) is 26.3. The summed E-state index contributed by atoms with van der Waals surface area (Å²) < 4.78 is 2.05. The van der Waals surface area contributed by atoms with Crippen molar-refractivity contribution in [1.82, 2.24) is 20.1 Å². The molecule has 200 valence electrons. The molecule has 1 amide bonds. The van der Waals surface area contributed by atoms with Crippen LogP contribution in [0.1, 0.15) is 48.2 Å². The number of rotatable bonds is 4. The number of hydrogen-bond donors (Lipinski definition) is 2. The van der Waals surface area contributed by atoms with Crippen molar-refractivity contribution in [3.63, 3.8) is 0 Å². The maximum absolute atomic E-state index is 13.8. The Labute approximate surface area is 229 Å². The number of carbonyl (C=O) groups is 1. The molecule has 2 fully saturated rings. The van der Waals surface area contributed by atoms with Crippen LogP contribution in [0.25, 0.3) is 0 Å². The number of benzene rings is 1. The lowest BCUT2D eigenvalue weighted by Gasteiger charge is -2.42. The van der Waals surface area contributed by atoms with E-state index in [0.717, 1.165) is 48.8 Å². The highest BCUT2D eigenvalue weighted by Gasteiger charge is 2.42. The predicted molar refractivity (Wildman–Crippen MR) is 148 cm³/mol. The van der Waals surface area contributed by atoms with E-state index in [1.54, 1.807) is 0 Å². The van der Waals surface area contributed by atoms with E-state index in [9.17, 15) is 9.90 Å². The van der Waals surface area contributed by atoms with Crippen molar-refractivity contribution in [3.8, 4) is 0 Å². The molecule has 0 saturated carbocycles. The van der Waals surface area contributed by atoms with Gasteiger partial charge in [0.05, 0.1) is 24.3 Å². The molecule has 38 heavy (non-hydrogen) atoms. The second kappa shape index (κ2) is 10.5. The largest absolute Gasteiger partial charge is 0.381 e. The third kappa shape index (κ3) is 5.15. The number of piperazine rings is 1. The van der Waals surface area contributed by atoms with E-state index in [-0.39, 0.29) is 18.0 Å². The molecule has 2 aromatic rings. The van der Waals surface area contributed by atoms with Crippen LogP contribution in [-0.4, -0.2) is 99.9 Å². The SMILES string of the molecule is CC1=NC[N+](CC2(O)CCCN(C(=O)[C@H]3CN(C4c5ccc(Cl)cc5CCc5cccnc54)CCN3)C2)=C1. The third-order valence-electron chi connectivity index (χ3n) is 8.35. The summed E-state index contributed by atoms with van der Waals surface area (Å²) in [6.07, 6.45) is 7.19. The summed E-state index contributed by atoms with van der Waals surface area (Å²) in [6.45, 7) is 6.18. The highest BCUT2D eigenvalue weighted by atomic mass is 35.5. The Hall–Kier alpha value is -2.65. The number of nitrogens with zero attached hydrogens (tertiary/aromatic N) is 5. The first-order valence-electron chi connectivity index (χ1n) is 13.7. The van der Waals surface area contributed by atoms with Crippen molar-refractivity contribution >= 4 is 29.4 Å². The number of nitrogens with one attached hydrogen (secondary N) is 1. The van der Waals surface area contributed by atoms with E-state index in [2.05, 4.69) is 33.4 Å². The number of aliphatic hydroxyl groups is 1. The molecule has 3 aliphatic heterocycles. The summed E-state index contributed by atoms with van der Waals surface area (Å²) in [5, 5.41) is 15.6. The molecule has 0 bridgehead atoms. The van der Waals surface area contributed by atoms with Gasteiger partial charge in [-0.15, -0.1) is 0 Å². The Bertz CT molecular complexity index is 1300. The number of aliphatic imine (C=N–C) groups is 1. The Morgan fingerprint density at radius 3 is 2.97 bits per heavy atom. The van der Waals surface area contributed by atoms with E-state index in [4.69, 9.17) is 16.6 Å². The summed E-state index contributed by atoms with van der Waals surface area (Å²) in [7, 11) is 0. The Morgan fingerprint density at radius 1 is 1.26 bits per heavy atom. The smallest absolute Gasteiger partial charge is 0.241 e. The molecule has 4 aliphatic rings. The van der Waals surface area contributed by atoms with Gasteiger partial charge < -0.3 is 15.3 Å². The standard InChI is InChI=1S/C29H36ClN6O2/c1-20-15-34(19-33-20)17-29(38)9-3-12-36(18-29)28(37)25-16-35(13-11-31-25)27-24-8-7-23(30)14-22(24)6-5-21-4-2-10-32-26(21)27/h2,4,7-8,10,14-15,25,27,31,38H,3,5-6,9,11-13,16-19H2,1H3/q+1/t25-,27?,29?/m1/s1. The van der Waals surface area contributed by atoms with Crippen LogP contribution >= 0.6 is 11.6 Å². The van der Waals surface area contributed by atoms with E-state index in [1.165, 1.54) is 16.7 Å². The summed E-state index contributed by atoms with van der Waals surface area (Å²) in [5.41, 5.74) is 4.86. The van der Waals surface area contributed by atoms with Gasteiger partial charge in [0.1, 0.15) is 11.3 Å². The Morgan fingerprint density at radius 2 is 2.13 bits per heavy atom. The molecular formula is C29H36ClN6O2+. The molecule has 2 saturated heterocycles. The summed E-state index contributed by atoms with van der Waals surface area (Å²) in [4.78, 5) is 27.3. The van der Waals surface area contributed by atoms with Crippen molar-refractivity contribution in [3.05, 3.63) is 63.9 Å². The van der Waals surface area contributed by atoms with Crippen molar-refractivity contribution in [2.75, 3.05) is 45.9 Å². The van der Waals surface area contributed by atoms with Gasteiger partial charge in [-0.3, -0.25) is 14.7 Å². The average Bonchev–Trinajstić information content (AvgIpc) is 3.24. The number of likely N-dealkylation sites (tertiary alicyclic amines) is 1. The minimum Gasteiger partial charge on any atom is -0.381 e. The molecule has 6 rings (SSSR count). The number of aromatic nitrogens is 1. The predicted octanol–water partition coefficient (Wildman–Crippen LogP) is 2.07. The highest BCUT2D eigenvalue weighted by molar-refractivity contribution is 6.30. The number of carbonyl (C=O) groups excluding carboxylic acids is 1. The van der Waals surface area contributed by atoms with Crippen LogP contribution in [0.2, 0.25) is 5.02 Å². The minimum atomic E-state index is -0.929. The van der Waals surface area contributed by atoms with E-state index < -0.39 is 5.60 Å². The lowest BCUT2D eigenvalue weighted by Crippen LogP contribution is -2.62. The van der Waals surface area contributed by atoms with Gasteiger partial charge in [0, 0.05) is 37.4 Å². The number of piperidine rings is 1. The minimum absolute atomic E-state index is 0.0226. The van der Waals surface area contributed by atoms with E-state index in [1.807, 2.05) is 40.9 Å². The normalized spacial score (nSPS) is 27.7. The fourth-order valence-corrected chi connectivity index (χ4v) is 6.79. The van der Waals surface area contributed by atoms with Crippen molar-refractivity contribution in [2.24, 2.45) is 4.99 Å². The second-order valence-corrected chi connectivity index (χ2v) is 11.6. The van der Waals surface area contributed by atoms with Gasteiger partial charge in [0.25, 0.3) is 0 Å². The number of amides is 1. The highest BCUT2D eigenvalue weighted by Crippen LogP contribution is 2.37. The van der Waals surface area contributed by atoms with Gasteiger partial charge >= 0.3 is 0 Å². The molecule has 0 spiro atoms. The van der Waals surface area contributed by atoms with Crippen molar-refractivity contribution in [2.45, 2.75) is 50.3 Å². The van der Waals surface area contributed by atoms with Crippen LogP contribution in [0.5, 0.6) is 0 Å². The number of pyridine rings is 1. The molecule has 9 heteroatoms. The second-order valence-electron chi connectivity index (χ2n) is 11.2. The van der Waals surface area contributed by atoms with Crippen LogP contribution in [-0.2, 0) is 17.6 Å². The number of halogens is 1. The van der Waals surface area contributed by atoms with E-state index in [0.29, 0.717) is 39.3 Å². The number of hydrogen-bond acceptors (Lipinski definition) is 6. The first-order chi connectivity index (χ1) is 18.4. The summed E-state index contributed by atoms with van der Waals surface area (Å²) >= 11 is 6.39. The number of fused-ring (bicyclic) bond motifs is 2. The monoisotopic (exact) mass is 535 g/mol. The topological polar surface area (TPSA) is 84.1 Å². The maximum atomic E-state index is 13.8. The first-order valence-corrected chi connectivity index (χ1v) is 14.1. The average molecular weight is 536 g/mol. The fraction of sp³-hybridized carbons (Fsp3) is 0.517. The Balaban J connectivity index is 1.22. The van der Waals surface area contributed by atoms with Crippen molar-refractivity contribution < 1.29 is 14.5 Å². The van der Waals surface area contributed by atoms with Crippen LogP contribution in [0.15, 0.2) is 41.5 Å². The molecule has 8 nitrogen and oxygen atoms in total. The van der Waals surface area contributed by atoms with Gasteiger partial charge in [-0.25, -0.2) is 9.57 Å². The molecule has 0 radical (unpaired) electrons. The van der Waals surface area contributed by atoms with Gasteiger partial charge in [0.2, 0.25) is 12.6 Å². The van der Waals surface area contributed by atoms with Crippen molar-refractivity contribution in [1.29, 1.82) is 0 Å². The molecule has 1 aliphatic carbocycles. The molecular weight excluding hydrogens is 500 g/mol. The molecule has 4 heterocycles. The summed E-state index contributed by atoms with van der Waals surface area (Å²) in [6, 6.07) is 10.0. The maximum Gasteiger partial charge on any atom is 0.241 e. The van der Waals surface area contributed by atoms with E-state index >= 15 is 0 Å². The third-order valence-corrected chi connectivity index (χ3v) is 8.59.